The zero-order valence-electron chi connectivity index (χ0n) is 15.6. The number of nitrogens with one attached hydrogen (secondary N) is 2. The van der Waals surface area contributed by atoms with Crippen LogP contribution in [-0.2, 0) is 19.1 Å². The average molecular weight is 396 g/mol. The summed E-state index contributed by atoms with van der Waals surface area (Å²) in [5.41, 5.74) is 1.14. The van der Waals surface area contributed by atoms with Gasteiger partial charge < -0.3 is 15.4 Å². The van der Waals surface area contributed by atoms with Crippen molar-refractivity contribution in [3.63, 3.8) is 0 Å². The summed E-state index contributed by atoms with van der Waals surface area (Å²) in [5, 5.41) is 5.50. The Bertz CT molecular complexity index is 787. The molecule has 2 rings (SSSR count). The number of nitrogens with zero attached hydrogens (tertiary/aromatic N) is 1. The number of hydrogen-bond acceptors (Lipinski definition) is 5. The monoisotopic (exact) mass is 395 g/mol. The molecule has 0 bridgehead atoms. The van der Waals surface area contributed by atoms with Gasteiger partial charge in [0.25, 0.3) is 11.8 Å². The maximum Gasteiger partial charge on any atom is 0.326 e. The van der Waals surface area contributed by atoms with Crippen LogP contribution in [0, 0.1) is 13.8 Å². The molecule has 9 heteroatoms. The Balaban J connectivity index is 1.90. The smallest absolute Gasteiger partial charge is 0.326 e. The van der Waals surface area contributed by atoms with E-state index in [0.717, 1.165) is 16.0 Å². The molecule has 1 saturated heterocycles. The first-order chi connectivity index (χ1) is 12.6. The summed E-state index contributed by atoms with van der Waals surface area (Å²) in [6.07, 6.45) is 0.391. The van der Waals surface area contributed by atoms with Crippen LogP contribution in [0.3, 0.4) is 0 Å². The van der Waals surface area contributed by atoms with Crippen LogP contribution < -0.4 is 10.6 Å². The van der Waals surface area contributed by atoms with Gasteiger partial charge in [0.05, 0.1) is 10.7 Å². The summed E-state index contributed by atoms with van der Waals surface area (Å²) in [5.74, 6) is -1.94. The number of rotatable bonds is 6. The zero-order chi connectivity index (χ0) is 20.4. The second-order valence-corrected chi connectivity index (χ2v) is 7.06. The van der Waals surface area contributed by atoms with E-state index in [1.807, 2.05) is 13.0 Å². The number of imide groups is 1. The molecule has 1 aromatic rings. The summed E-state index contributed by atoms with van der Waals surface area (Å²) < 4.78 is 4.87. The lowest BCUT2D eigenvalue weighted by Crippen LogP contribution is -2.43. The number of anilines is 1. The summed E-state index contributed by atoms with van der Waals surface area (Å²) >= 11 is 6.12. The van der Waals surface area contributed by atoms with Gasteiger partial charge in [-0.15, -0.1) is 0 Å². The molecular weight excluding hydrogens is 374 g/mol. The Hall–Kier alpha value is -2.61. The van der Waals surface area contributed by atoms with E-state index in [1.165, 1.54) is 0 Å². The average Bonchev–Trinajstić information content (AvgIpc) is 2.80. The van der Waals surface area contributed by atoms with Crippen molar-refractivity contribution in [1.29, 1.82) is 0 Å². The van der Waals surface area contributed by atoms with Crippen molar-refractivity contribution in [2.75, 3.05) is 18.5 Å². The molecule has 1 aliphatic rings. The fourth-order valence-electron chi connectivity index (χ4n) is 2.70. The lowest BCUT2D eigenvalue weighted by Gasteiger charge is -2.18. The van der Waals surface area contributed by atoms with Crippen molar-refractivity contribution in [2.24, 2.45) is 0 Å². The van der Waals surface area contributed by atoms with Crippen molar-refractivity contribution in [1.82, 2.24) is 10.2 Å². The normalized spacial score (nSPS) is 19.1. The van der Waals surface area contributed by atoms with Crippen LogP contribution in [0.15, 0.2) is 12.1 Å². The number of urea groups is 1. The molecule has 8 nitrogen and oxygen atoms in total. The quantitative estimate of drug-likeness (QED) is 0.567. The molecule has 1 fully saturated rings. The van der Waals surface area contributed by atoms with E-state index in [9.17, 15) is 19.2 Å². The third kappa shape index (κ3) is 4.57. The Labute approximate surface area is 162 Å². The molecule has 1 heterocycles. The first-order valence-corrected chi connectivity index (χ1v) is 8.81. The summed E-state index contributed by atoms with van der Waals surface area (Å²) in [4.78, 5) is 48.8. The number of carbonyl (C=O) groups is 4. The molecular formula is C18H22ClN3O5. The predicted octanol–water partition coefficient (Wildman–Crippen LogP) is 2.16. The highest BCUT2D eigenvalue weighted by Gasteiger charge is 2.47. The van der Waals surface area contributed by atoms with E-state index >= 15 is 0 Å². The lowest BCUT2D eigenvalue weighted by molar-refractivity contribution is -0.150. The van der Waals surface area contributed by atoms with Crippen molar-refractivity contribution >= 4 is 41.1 Å². The van der Waals surface area contributed by atoms with Gasteiger partial charge in [0, 0.05) is 0 Å². The molecule has 0 aromatic heterocycles. The fourth-order valence-corrected chi connectivity index (χ4v) is 3.07. The van der Waals surface area contributed by atoms with Crippen LogP contribution in [0.4, 0.5) is 10.5 Å². The van der Waals surface area contributed by atoms with Gasteiger partial charge in [0.2, 0.25) is 0 Å². The Kier molecular flexibility index (Phi) is 6.10. The molecule has 0 unspecified atom stereocenters. The summed E-state index contributed by atoms with van der Waals surface area (Å²) in [6.45, 7) is 5.89. The van der Waals surface area contributed by atoms with E-state index in [-0.39, 0.29) is 0 Å². The highest BCUT2D eigenvalue weighted by molar-refractivity contribution is 6.34. The number of benzene rings is 1. The second kappa shape index (κ2) is 7.96. The number of aryl methyl sites for hydroxylation is 2. The highest BCUT2D eigenvalue weighted by Crippen LogP contribution is 2.27. The number of carbonyl (C=O) groups excluding carboxylic acids is 4. The van der Waals surface area contributed by atoms with E-state index in [2.05, 4.69) is 10.6 Å². The van der Waals surface area contributed by atoms with Gasteiger partial charge in [0.15, 0.2) is 6.61 Å². The number of hydrogen-bond donors (Lipinski definition) is 2. The Morgan fingerprint density at radius 3 is 2.52 bits per heavy atom. The molecule has 1 aromatic carbocycles. The topological polar surface area (TPSA) is 105 Å². The molecule has 146 valence electrons. The zero-order valence-corrected chi connectivity index (χ0v) is 16.4. The number of esters is 1. The largest absolute Gasteiger partial charge is 0.454 e. The third-order valence-corrected chi connectivity index (χ3v) is 4.70. The van der Waals surface area contributed by atoms with Gasteiger partial charge in [-0.3, -0.25) is 19.3 Å². The number of amides is 4. The highest BCUT2D eigenvalue weighted by atomic mass is 35.5. The van der Waals surface area contributed by atoms with E-state index < -0.39 is 42.5 Å². The summed E-state index contributed by atoms with van der Waals surface area (Å²) in [6, 6.07) is 2.90. The lowest BCUT2D eigenvalue weighted by atomic mass is 9.99. The van der Waals surface area contributed by atoms with Crippen LogP contribution in [-0.4, -0.2) is 47.4 Å². The van der Waals surface area contributed by atoms with Gasteiger partial charge in [-0.1, -0.05) is 24.6 Å². The van der Waals surface area contributed by atoms with Crippen molar-refractivity contribution in [3.05, 3.63) is 28.3 Å². The number of halogens is 1. The summed E-state index contributed by atoms with van der Waals surface area (Å²) in [7, 11) is 0. The maximum absolute atomic E-state index is 12.2. The van der Waals surface area contributed by atoms with Gasteiger partial charge in [-0.25, -0.2) is 4.79 Å². The Morgan fingerprint density at radius 2 is 1.96 bits per heavy atom. The van der Waals surface area contributed by atoms with Crippen LogP contribution in [0.25, 0.3) is 0 Å². The SMILES string of the molecule is CC[C@]1(C)NC(=O)N(CC(=O)OCC(=O)Nc2c(C)cc(C)cc2Cl)C1=O. The van der Waals surface area contributed by atoms with E-state index in [1.54, 1.807) is 26.8 Å². The molecule has 2 N–H and O–H groups in total. The molecule has 0 aliphatic carbocycles. The van der Waals surface area contributed by atoms with Gasteiger partial charge in [0.1, 0.15) is 12.1 Å². The van der Waals surface area contributed by atoms with Crippen molar-refractivity contribution in [3.8, 4) is 0 Å². The maximum atomic E-state index is 12.2. The predicted molar refractivity (Wildman–Crippen MR) is 99.5 cm³/mol. The van der Waals surface area contributed by atoms with Crippen LogP contribution in [0.2, 0.25) is 5.02 Å². The van der Waals surface area contributed by atoms with Crippen LogP contribution >= 0.6 is 11.6 Å². The fraction of sp³-hybridized carbons (Fsp3) is 0.444. The van der Waals surface area contributed by atoms with E-state index in [0.29, 0.717) is 17.1 Å². The van der Waals surface area contributed by atoms with Gasteiger partial charge >= 0.3 is 12.0 Å². The number of ether oxygens (including phenoxy) is 1. The third-order valence-electron chi connectivity index (χ3n) is 4.40. The first-order valence-electron chi connectivity index (χ1n) is 8.43. The molecule has 0 spiro atoms. The van der Waals surface area contributed by atoms with Gasteiger partial charge in [-0.05, 0) is 44.4 Å². The van der Waals surface area contributed by atoms with Gasteiger partial charge in [-0.2, -0.15) is 0 Å². The standard InChI is InChI=1S/C18H22ClN3O5/c1-5-18(4)16(25)22(17(26)21-18)8-14(24)27-9-13(23)20-15-11(3)6-10(2)7-12(15)19/h6-7H,5,8-9H2,1-4H3,(H,20,23)(H,21,26)/t18-/m0/s1. The minimum Gasteiger partial charge on any atom is -0.454 e. The first kappa shape index (κ1) is 20.7. The molecule has 1 atom stereocenters. The Morgan fingerprint density at radius 1 is 1.30 bits per heavy atom. The van der Waals surface area contributed by atoms with E-state index in [4.69, 9.17) is 16.3 Å². The minimum atomic E-state index is -1.03. The van der Waals surface area contributed by atoms with Crippen molar-refractivity contribution < 1.29 is 23.9 Å². The molecule has 0 saturated carbocycles. The molecule has 1 aliphatic heterocycles. The van der Waals surface area contributed by atoms with Crippen LogP contribution in [0.1, 0.15) is 31.4 Å². The second-order valence-electron chi connectivity index (χ2n) is 6.65. The minimum absolute atomic E-state index is 0.380. The molecule has 4 amide bonds. The molecule has 0 radical (unpaired) electrons. The van der Waals surface area contributed by atoms with Crippen LogP contribution in [0.5, 0.6) is 0 Å². The van der Waals surface area contributed by atoms with Crippen molar-refractivity contribution in [2.45, 2.75) is 39.7 Å². The molecule has 27 heavy (non-hydrogen) atoms.